The van der Waals surface area contributed by atoms with Gasteiger partial charge in [-0.25, -0.2) is 0 Å². The van der Waals surface area contributed by atoms with Crippen LogP contribution in [0.1, 0.15) is 82.8 Å². The standard InChI is InChI=1S/C27H36O2/c1-3-5-7-8-9-10-19-26(28)27(21-29-20-6-4-2)24-17-13-11-15-22(24)23-16-12-14-18-25(23)27/h11-18H,3-10,19-21H2,1-2H3. The van der Waals surface area contributed by atoms with Gasteiger partial charge in [0.2, 0.25) is 0 Å². The van der Waals surface area contributed by atoms with Crippen LogP contribution in [-0.2, 0) is 14.9 Å². The molecule has 1 aliphatic rings. The van der Waals surface area contributed by atoms with Gasteiger partial charge in [-0.2, -0.15) is 0 Å². The van der Waals surface area contributed by atoms with Crippen molar-refractivity contribution >= 4 is 5.78 Å². The fourth-order valence-corrected chi connectivity index (χ4v) is 4.61. The Labute approximate surface area is 176 Å². The van der Waals surface area contributed by atoms with Gasteiger partial charge in [0, 0.05) is 13.0 Å². The van der Waals surface area contributed by atoms with Crippen LogP contribution in [0.15, 0.2) is 48.5 Å². The highest BCUT2D eigenvalue weighted by Crippen LogP contribution is 2.50. The molecule has 0 saturated heterocycles. The lowest BCUT2D eigenvalue weighted by molar-refractivity contribution is -0.125. The lowest BCUT2D eigenvalue weighted by Crippen LogP contribution is -2.40. The number of rotatable bonds is 13. The molecule has 0 spiro atoms. The van der Waals surface area contributed by atoms with Crippen LogP contribution < -0.4 is 0 Å². The van der Waals surface area contributed by atoms with Crippen molar-refractivity contribution in [3.8, 4) is 11.1 Å². The summed E-state index contributed by atoms with van der Waals surface area (Å²) in [5.74, 6) is 0.321. The van der Waals surface area contributed by atoms with Gasteiger partial charge in [0.1, 0.15) is 11.2 Å². The summed E-state index contributed by atoms with van der Waals surface area (Å²) in [6.07, 6.45) is 9.94. The summed E-state index contributed by atoms with van der Waals surface area (Å²) >= 11 is 0. The molecule has 2 nitrogen and oxygen atoms in total. The molecule has 0 unspecified atom stereocenters. The first-order valence-corrected chi connectivity index (χ1v) is 11.6. The minimum Gasteiger partial charge on any atom is -0.380 e. The van der Waals surface area contributed by atoms with Crippen LogP contribution in [0.4, 0.5) is 0 Å². The number of benzene rings is 2. The number of unbranched alkanes of at least 4 members (excludes halogenated alkanes) is 6. The first kappa shape index (κ1) is 21.8. The van der Waals surface area contributed by atoms with Crippen molar-refractivity contribution in [3.05, 3.63) is 59.7 Å². The minimum atomic E-state index is -0.648. The maximum absolute atomic E-state index is 13.8. The predicted octanol–water partition coefficient (Wildman–Crippen LogP) is 7.09. The Morgan fingerprint density at radius 3 is 1.93 bits per heavy atom. The van der Waals surface area contributed by atoms with Crippen LogP contribution in [-0.4, -0.2) is 19.0 Å². The first-order chi connectivity index (χ1) is 14.3. The zero-order valence-corrected chi connectivity index (χ0v) is 18.2. The molecule has 3 rings (SSSR count). The number of carbonyl (C=O) groups excluding carboxylic acids is 1. The summed E-state index contributed by atoms with van der Waals surface area (Å²) in [6, 6.07) is 16.8. The summed E-state index contributed by atoms with van der Waals surface area (Å²) in [4.78, 5) is 13.8. The molecule has 0 bridgehead atoms. The Morgan fingerprint density at radius 1 is 0.759 bits per heavy atom. The van der Waals surface area contributed by atoms with Gasteiger partial charge in [-0.15, -0.1) is 0 Å². The molecule has 0 atom stereocenters. The lowest BCUT2D eigenvalue weighted by atomic mass is 9.73. The van der Waals surface area contributed by atoms with Crippen LogP contribution in [0.2, 0.25) is 0 Å². The maximum atomic E-state index is 13.8. The van der Waals surface area contributed by atoms with Gasteiger partial charge in [-0.05, 0) is 35.1 Å². The van der Waals surface area contributed by atoms with Crippen molar-refractivity contribution in [1.29, 1.82) is 0 Å². The summed E-state index contributed by atoms with van der Waals surface area (Å²) in [7, 11) is 0. The third kappa shape index (κ3) is 4.64. The smallest absolute Gasteiger partial charge is 0.150 e. The van der Waals surface area contributed by atoms with Crippen LogP contribution in [0, 0.1) is 0 Å². The number of ketones is 1. The van der Waals surface area contributed by atoms with Gasteiger partial charge >= 0.3 is 0 Å². The molecule has 0 saturated carbocycles. The SMILES string of the molecule is CCCCCCCCC(=O)C1(COCCCC)c2ccccc2-c2ccccc21. The zero-order chi connectivity index (χ0) is 20.5. The average molecular weight is 393 g/mol. The van der Waals surface area contributed by atoms with Crippen molar-refractivity contribution in [3.63, 3.8) is 0 Å². The van der Waals surface area contributed by atoms with E-state index in [1.165, 1.54) is 36.8 Å². The van der Waals surface area contributed by atoms with E-state index in [9.17, 15) is 4.79 Å². The van der Waals surface area contributed by atoms with Crippen LogP contribution >= 0.6 is 0 Å². The second kappa shape index (κ2) is 10.7. The molecule has 1 aliphatic carbocycles. The van der Waals surface area contributed by atoms with Gasteiger partial charge in [0.05, 0.1) is 6.61 Å². The third-order valence-corrected chi connectivity index (χ3v) is 6.26. The third-order valence-electron chi connectivity index (χ3n) is 6.26. The second-order valence-corrected chi connectivity index (χ2v) is 8.34. The van der Waals surface area contributed by atoms with Crippen LogP contribution in [0.5, 0.6) is 0 Å². The molecule has 0 aromatic heterocycles. The average Bonchev–Trinajstić information content (AvgIpc) is 3.05. The van der Waals surface area contributed by atoms with E-state index >= 15 is 0 Å². The molecule has 2 aromatic carbocycles. The van der Waals surface area contributed by atoms with Gasteiger partial charge in [-0.3, -0.25) is 4.79 Å². The molecule has 0 N–H and O–H groups in total. The van der Waals surface area contributed by atoms with E-state index in [-0.39, 0.29) is 0 Å². The Morgan fingerprint density at radius 2 is 1.31 bits per heavy atom. The van der Waals surface area contributed by atoms with Crippen molar-refractivity contribution < 1.29 is 9.53 Å². The maximum Gasteiger partial charge on any atom is 0.150 e. The number of hydrogen-bond donors (Lipinski definition) is 0. The lowest BCUT2D eigenvalue weighted by Gasteiger charge is -2.30. The highest BCUT2D eigenvalue weighted by molar-refractivity contribution is 6.01. The highest BCUT2D eigenvalue weighted by Gasteiger charge is 2.48. The van der Waals surface area contributed by atoms with Crippen molar-refractivity contribution in [2.45, 2.75) is 77.0 Å². The normalized spacial score (nSPS) is 13.9. The molecule has 0 amide bonds. The molecule has 0 fully saturated rings. The van der Waals surface area contributed by atoms with E-state index < -0.39 is 5.41 Å². The fourth-order valence-electron chi connectivity index (χ4n) is 4.61. The van der Waals surface area contributed by atoms with E-state index in [0.717, 1.165) is 36.8 Å². The van der Waals surface area contributed by atoms with Gasteiger partial charge < -0.3 is 4.74 Å². The largest absolute Gasteiger partial charge is 0.380 e. The minimum absolute atomic E-state index is 0.321. The van der Waals surface area contributed by atoms with Crippen molar-refractivity contribution in [2.75, 3.05) is 13.2 Å². The summed E-state index contributed by atoms with van der Waals surface area (Å²) in [5.41, 5.74) is 4.00. The zero-order valence-electron chi connectivity index (χ0n) is 18.2. The quantitative estimate of drug-likeness (QED) is 0.340. The van der Waals surface area contributed by atoms with Gasteiger partial charge in [0.15, 0.2) is 0 Å². The van der Waals surface area contributed by atoms with Crippen LogP contribution in [0.3, 0.4) is 0 Å². The van der Waals surface area contributed by atoms with Crippen molar-refractivity contribution in [2.24, 2.45) is 0 Å². The van der Waals surface area contributed by atoms with E-state index in [1.54, 1.807) is 0 Å². The monoisotopic (exact) mass is 392 g/mol. The molecule has 0 radical (unpaired) electrons. The van der Waals surface area contributed by atoms with Crippen LogP contribution in [0.25, 0.3) is 11.1 Å². The topological polar surface area (TPSA) is 26.3 Å². The number of carbonyl (C=O) groups is 1. The molecule has 2 heteroatoms. The molecule has 156 valence electrons. The Balaban J connectivity index is 1.85. The predicted molar refractivity (Wildman–Crippen MR) is 121 cm³/mol. The van der Waals surface area contributed by atoms with E-state index in [0.29, 0.717) is 25.4 Å². The molecular formula is C27H36O2. The summed E-state index contributed by atoms with van der Waals surface area (Å²) in [6.45, 7) is 5.58. The number of ether oxygens (including phenoxy) is 1. The van der Waals surface area contributed by atoms with Gasteiger partial charge in [-0.1, -0.05) is 101 Å². The van der Waals surface area contributed by atoms with E-state index in [4.69, 9.17) is 4.74 Å². The van der Waals surface area contributed by atoms with Gasteiger partial charge in [0.25, 0.3) is 0 Å². The summed E-state index contributed by atoms with van der Waals surface area (Å²) < 4.78 is 6.13. The fraction of sp³-hybridized carbons (Fsp3) is 0.519. The van der Waals surface area contributed by atoms with E-state index in [1.807, 2.05) is 0 Å². The Hall–Kier alpha value is -1.93. The summed E-state index contributed by atoms with van der Waals surface area (Å²) in [5, 5.41) is 0. The molecule has 29 heavy (non-hydrogen) atoms. The van der Waals surface area contributed by atoms with Crippen molar-refractivity contribution in [1.82, 2.24) is 0 Å². The number of fused-ring (bicyclic) bond motifs is 3. The second-order valence-electron chi connectivity index (χ2n) is 8.34. The molecular weight excluding hydrogens is 356 g/mol. The highest BCUT2D eigenvalue weighted by atomic mass is 16.5. The van der Waals surface area contributed by atoms with E-state index in [2.05, 4.69) is 62.4 Å². The Bertz CT molecular complexity index is 747. The Kier molecular flexibility index (Phi) is 8.06. The molecule has 0 aliphatic heterocycles. The molecule has 0 heterocycles. The number of Topliss-reactive ketones (excluding diaryl/α,β-unsaturated/α-hetero) is 1. The first-order valence-electron chi connectivity index (χ1n) is 11.6. The molecule has 2 aromatic rings. The number of hydrogen-bond acceptors (Lipinski definition) is 2.